The zero-order valence-corrected chi connectivity index (χ0v) is 20.2. The Balaban J connectivity index is 1.57. The first-order chi connectivity index (χ1) is 16.3. The number of rotatable bonds is 8. The summed E-state index contributed by atoms with van der Waals surface area (Å²) in [5.41, 5.74) is 3.09. The Kier molecular flexibility index (Phi) is 6.92. The van der Waals surface area contributed by atoms with Crippen LogP contribution in [0.2, 0.25) is 0 Å². The van der Waals surface area contributed by atoms with Crippen molar-refractivity contribution in [2.45, 2.75) is 28.0 Å². The Labute approximate surface area is 200 Å². The zero-order chi connectivity index (χ0) is 24.2. The highest BCUT2D eigenvalue weighted by atomic mass is 32.2. The summed E-state index contributed by atoms with van der Waals surface area (Å²) in [6, 6.07) is 25.8. The van der Waals surface area contributed by atoms with Crippen molar-refractivity contribution in [2.24, 2.45) is 0 Å². The smallest absolute Gasteiger partial charge is 0.240 e. The summed E-state index contributed by atoms with van der Waals surface area (Å²) in [4.78, 5) is 4.15. The summed E-state index contributed by atoms with van der Waals surface area (Å²) in [6.07, 6.45) is 2.07. The van der Waals surface area contributed by atoms with Gasteiger partial charge in [0.05, 0.1) is 14.7 Å². The maximum Gasteiger partial charge on any atom is 0.240 e. The molecule has 0 radical (unpaired) electrons. The molecule has 3 aromatic carbocycles. The first kappa shape index (κ1) is 23.8. The lowest BCUT2D eigenvalue weighted by Gasteiger charge is -2.12. The van der Waals surface area contributed by atoms with E-state index in [1.807, 2.05) is 42.5 Å². The molecule has 0 saturated carbocycles. The van der Waals surface area contributed by atoms with Crippen molar-refractivity contribution in [2.75, 3.05) is 6.54 Å². The molecule has 4 aromatic rings. The van der Waals surface area contributed by atoms with Crippen LogP contribution >= 0.6 is 0 Å². The predicted octanol–water partition coefficient (Wildman–Crippen LogP) is 4.41. The van der Waals surface area contributed by atoms with Crippen LogP contribution in [0.25, 0.3) is 11.1 Å². The van der Waals surface area contributed by atoms with Gasteiger partial charge in [0.15, 0.2) is 0 Å². The highest BCUT2D eigenvalue weighted by Gasteiger charge is 2.23. The van der Waals surface area contributed by atoms with E-state index in [-0.39, 0.29) is 21.2 Å². The second-order valence-corrected chi connectivity index (χ2v) is 11.5. The van der Waals surface area contributed by atoms with Gasteiger partial charge in [0.1, 0.15) is 0 Å². The number of aryl methyl sites for hydroxylation is 1. The standard InChI is InChI=1S/C26H24N2O4S2/c1-20-10-13-25(19-26(20)34(31,32)28-18-16-23-9-5-6-17-27-23)33(29,30)24-14-11-22(12-15-24)21-7-3-2-4-8-21/h2-15,17,19,28H,16,18H2,1H3. The number of sulfonamides is 1. The van der Waals surface area contributed by atoms with Gasteiger partial charge < -0.3 is 0 Å². The number of aromatic nitrogens is 1. The Morgan fingerprint density at radius 1 is 0.735 bits per heavy atom. The van der Waals surface area contributed by atoms with E-state index in [2.05, 4.69) is 9.71 Å². The van der Waals surface area contributed by atoms with Crippen molar-refractivity contribution < 1.29 is 16.8 Å². The fraction of sp³-hybridized carbons (Fsp3) is 0.115. The molecule has 0 spiro atoms. The van der Waals surface area contributed by atoms with Gasteiger partial charge in [-0.15, -0.1) is 0 Å². The summed E-state index contributed by atoms with van der Waals surface area (Å²) in [5.74, 6) is 0. The SMILES string of the molecule is Cc1ccc(S(=O)(=O)c2ccc(-c3ccccc3)cc2)cc1S(=O)(=O)NCCc1ccccn1. The van der Waals surface area contributed by atoms with Crippen LogP contribution in [0.5, 0.6) is 0 Å². The molecule has 0 bridgehead atoms. The predicted molar refractivity (Wildman–Crippen MR) is 132 cm³/mol. The molecule has 0 amide bonds. The Hall–Kier alpha value is -3.33. The van der Waals surface area contributed by atoms with Crippen LogP contribution in [-0.4, -0.2) is 28.4 Å². The summed E-state index contributed by atoms with van der Waals surface area (Å²) in [5, 5.41) is 0. The maximum absolute atomic E-state index is 13.2. The summed E-state index contributed by atoms with van der Waals surface area (Å²) in [7, 11) is -7.81. The molecular formula is C26H24N2O4S2. The van der Waals surface area contributed by atoms with E-state index in [0.717, 1.165) is 16.8 Å². The molecule has 0 unspecified atom stereocenters. The van der Waals surface area contributed by atoms with E-state index in [0.29, 0.717) is 12.0 Å². The van der Waals surface area contributed by atoms with Gasteiger partial charge in [0, 0.05) is 24.9 Å². The molecule has 1 N–H and O–H groups in total. The van der Waals surface area contributed by atoms with E-state index in [4.69, 9.17) is 0 Å². The van der Waals surface area contributed by atoms with E-state index < -0.39 is 19.9 Å². The van der Waals surface area contributed by atoms with Crippen molar-refractivity contribution in [3.8, 4) is 11.1 Å². The van der Waals surface area contributed by atoms with Crippen molar-refractivity contribution in [3.05, 3.63) is 108 Å². The van der Waals surface area contributed by atoms with Gasteiger partial charge in [-0.05, 0) is 60.0 Å². The molecule has 34 heavy (non-hydrogen) atoms. The van der Waals surface area contributed by atoms with Gasteiger partial charge in [0.2, 0.25) is 19.9 Å². The Morgan fingerprint density at radius 2 is 1.38 bits per heavy atom. The van der Waals surface area contributed by atoms with Crippen LogP contribution < -0.4 is 4.72 Å². The van der Waals surface area contributed by atoms with Crippen molar-refractivity contribution in [1.82, 2.24) is 9.71 Å². The van der Waals surface area contributed by atoms with E-state index in [1.54, 1.807) is 31.3 Å². The normalized spacial score (nSPS) is 11.9. The molecule has 0 aliphatic carbocycles. The highest BCUT2D eigenvalue weighted by Crippen LogP contribution is 2.27. The largest absolute Gasteiger partial charge is 0.261 e. The van der Waals surface area contributed by atoms with E-state index >= 15 is 0 Å². The van der Waals surface area contributed by atoms with Crippen LogP contribution in [-0.2, 0) is 26.3 Å². The minimum absolute atomic E-state index is 0.0597. The number of pyridine rings is 1. The average Bonchev–Trinajstić information content (AvgIpc) is 2.85. The molecule has 0 saturated heterocycles. The van der Waals surface area contributed by atoms with Gasteiger partial charge in [-0.25, -0.2) is 21.6 Å². The van der Waals surface area contributed by atoms with Crippen LogP contribution in [0.1, 0.15) is 11.3 Å². The third-order valence-corrected chi connectivity index (χ3v) is 8.80. The molecule has 6 nitrogen and oxygen atoms in total. The zero-order valence-electron chi connectivity index (χ0n) is 18.5. The maximum atomic E-state index is 13.2. The number of hydrogen-bond acceptors (Lipinski definition) is 5. The van der Waals surface area contributed by atoms with Crippen molar-refractivity contribution in [3.63, 3.8) is 0 Å². The molecule has 1 heterocycles. The monoisotopic (exact) mass is 492 g/mol. The number of benzene rings is 3. The first-order valence-corrected chi connectivity index (χ1v) is 13.6. The van der Waals surface area contributed by atoms with Gasteiger partial charge in [-0.3, -0.25) is 4.98 Å². The van der Waals surface area contributed by atoms with E-state index in [1.165, 1.54) is 30.3 Å². The molecule has 1 aromatic heterocycles. The number of nitrogens with one attached hydrogen (secondary N) is 1. The lowest BCUT2D eigenvalue weighted by Crippen LogP contribution is -2.27. The van der Waals surface area contributed by atoms with Crippen LogP contribution in [0.3, 0.4) is 0 Å². The highest BCUT2D eigenvalue weighted by molar-refractivity contribution is 7.91. The quantitative estimate of drug-likeness (QED) is 0.393. The van der Waals surface area contributed by atoms with Gasteiger partial charge in [-0.1, -0.05) is 54.6 Å². The molecule has 0 fully saturated rings. The fourth-order valence-electron chi connectivity index (χ4n) is 3.57. The molecule has 0 atom stereocenters. The number of hydrogen-bond donors (Lipinski definition) is 1. The number of nitrogens with zero attached hydrogens (tertiary/aromatic N) is 1. The summed E-state index contributed by atoms with van der Waals surface area (Å²) in [6.45, 7) is 1.79. The van der Waals surface area contributed by atoms with Crippen LogP contribution in [0, 0.1) is 6.92 Å². The third-order valence-electron chi connectivity index (χ3n) is 5.43. The molecular weight excluding hydrogens is 468 g/mol. The molecule has 0 aliphatic rings. The van der Waals surface area contributed by atoms with Gasteiger partial charge in [0.25, 0.3) is 0 Å². The lowest BCUT2D eigenvalue weighted by atomic mass is 10.1. The Bertz CT molecular complexity index is 1490. The second kappa shape index (κ2) is 9.89. The van der Waals surface area contributed by atoms with Crippen molar-refractivity contribution in [1.29, 1.82) is 0 Å². The average molecular weight is 493 g/mol. The summed E-state index contributed by atoms with van der Waals surface area (Å²) >= 11 is 0. The molecule has 4 rings (SSSR count). The van der Waals surface area contributed by atoms with Crippen molar-refractivity contribution >= 4 is 19.9 Å². The topological polar surface area (TPSA) is 93.2 Å². The molecule has 174 valence electrons. The third kappa shape index (κ3) is 5.25. The van der Waals surface area contributed by atoms with Gasteiger partial charge in [-0.2, -0.15) is 0 Å². The van der Waals surface area contributed by atoms with Crippen LogP contribution in [0.4, 0.5) is 0 Å². The van der Waals surface area contributed by atoms with E-state index in [9.17, 15) is 16.8 Å². The minimum Gasteiger partial charge on any atom is -0.261 e. The lowest BCUT2D eigenvalue weighted by molar-refractivity contribution is 0.580. The first-order valence-electron chi connectivity index (χ1n) is 10.7. The fourth-order valence-corrected chi connectivity index (χ4v) is 6.23. The molecule has 8 heteroatoms. The number of sulfone groups is 1. The van der Waals surface area contributed by atoms with Crippen LogP contribution in [0.15, 0.2) is 112 Å². The summed E-state index contributed by atoms with van der Waals surface area (Å²) < 4.78 is 54.9. The molecule has 0 aliphatic heterocycles. The second-order valence-electron chi connectivity index (χ2n) is 7.79. The van der Waals surface area contributed by atoms with Gasteiger partial charge >= 0.3 is 0 Å². The minimum atomic E-state index is -3.91. The Morgan fingerprint density at radius 3 is 2.06 bits per heavy atom.